The van der Waals surface area contributed by atoms with Crippen molar-refractivity contribution < 1.29 is 18.3 Å². The molecular weight excluding hydrogens is 375 g/mol. The van der Waals surface area contributed by atoms with E-state index in [0.29, 0.717) is 29.7 Å². The fourth-order valence-electron chi connectivity index (χ4n) is 8.81. The summed E-state index contributed by atoms with van der Waals surface area (Å²) in [4.78, 5) is 0. The van der Waals surface area contributed by atoms with Gasteiger partial charge < -0.3 is 10.8 Å². The van der Waals surface area contributed by atoms with Crippen LogP contribution in [0.2, 0.25) is 0 Å². The highest BCUT2D eigenvalue weighted by Crippen LogP contribution is 2.68. The van der Waals surface area contributed by atoms with E-state index in [4.69, 9.17) is 5.73 Å². The summed E-state index contributed by atoms with van der Waals surface area (Å²) in [6.45, 7) is 6.66. The van der Waals surface area contributed by atoms with Crippen LogP contribution in [0.15, 0.2) is 0 Å². The maximum absolute atomic E-state index is 12.8. The molecule has 10 atom stereocenters. The second kappa shape index (κ2) is 7.39. The first kappa shape index (κ1) is 21.9. The van der Waals surface area contributed by atoms with E-state index in [1.54, 1.807) is 0 Å². The summed E-state index contributed by atoms with van der Waals surface area (Å²) >= 11 is 0. The fraction of sp³-hybridized carbons (Fsp3) is 1.00. The van der Waals surface area contributed by atoms with E-state index >= 15 is 0 Å². The van der Waals surface area contributed by atoms with E-state index in [1.807, 2.05) is 6.92 Å². The lowest BCUT2D eigenvalue weighted by molar-refractivity contribution is -0.171. The Balaban J connectivity index is 1.54. The average Bonchev–Trinajstić information content (AvgIpc) is 3.00. The van der Waals surface area contributed by atoms with Crippen LogP contribution >= 0.6 is 0 Å². The summed E-state index contributed by atoms with van der Waals surface area (Å²) in [5.74, 6) is 2.52. The van der Waals surface area contributed by atoms with Gasteiger partial charge >= 0.3 is 6.18 Å². The third kappa shape index (κ3) is 3.56. The SMILES string of the molecule is CC(CCC(F)(F)F)[C@H]1CCC2C3CC[C@@H]4C[C@@H](N)CC[C@]4(C)C3C[C@H](O)[C@@]21C. The van der Waals surface area contributed by atoms with Crippen molar-refractivity contribution in [2.75, 3.05) is 0 Å². The maximum atomic E-state index is 12.8. The molecule has 4 aliphatic rings. The van der Waals surface area contributed by atoms with E-state index in [9.17, 15) is 18.3 Å². The van der Waals surface area contributed by atoms with Crippen LogP contribution in [0, 0.1) is 46.3 Å². The first-order chi connectivity index (χ1) is 13.5. The number of halogens is 3. The van der Waals surface area contributed by atoms with E-state index in [1.165, 1.54) is 19.3 Å². The summed E-state index contributed by atoms with van der Waals surface area (Å²) in [7, 11) is 0. The van der Waals surface area contributed by atoms with Gasteiger partial charge in [-0.25, -0.2) is 0 Å². The van der Waals surface area contributed by atoms with Crippen molar-refractivity contribution in [3.05, 3.63) is 0 Å². The number of hydrogen-bond acceptors (Lipinski definition) is 2. The minimum Gasteiger partial charge on any atom is -0.393 e. The van der Waals surface area contributed by atoms with Gasteiger partial charge in [-0.15, -0.1) is 0 Å². The van der Waals surface area contributed by atoms with Crippen LogP contribution in [0.5, 0.6) is 0 Å². The molecule has 0 bridgehead atoms. The summed E-state index contributed by atoms with van der Waals surface area (Å²) in [6, 6.07) is 0.328. The molecule has 0 aliphatic heterocycles. The Morgan fingerprint density at radius 2 is 1.76 bits per heavy atom. The number of hydrogen-bond donors (Lipinski definition) is 2. The summed E-state index contributed by atoms with van der Waals surface area (Å²) < 4.78 is 38.4. The molecule has 0 aromatic rings. The van der Waals surface area contributed by atoms with Crippen LogP contribution < -0.4 is 5.73 Å². The van der Waals surface area contributed by atoms with Gasteiger partial charge in [-0.05, 0) is 104 Å². The minimum absolute atomic E-state index is 0.0115. The lowest BCUT2D eigenvalue weighted by Crippen LogP contribution is -2.59. The standard InChI is InChI=1S/C24H40F3NO/c1-14(8-11-24(25,26)27)18-6-7-19-17-5-4-15-12-16(28)9-10-22(15,2)20(17)13-21(29)23(18,19)3/h14-21,29H,4-13,28H2,1-3H3/t14?,15-,16+,17?,18-,19?,20?,21+,22+,23-/m1/s1. The monoisotopic (exact) mass is 415 g/mol. The zero-order valence-corrected chi connectivity index (χ0v) is 18.3. The predicted octanol–water partition coefficient (Wildman–Crippen LogP) is 5.92. The Morgan fingerprint density at radius 1 is 1.03 bits per heavy atom. The second-order valence-corrected chi connectivity index (χ2v) is 11.6. The smallest absolute Gasteiger partial charge is 0.389 e. The first-order valence-electron chi connectivity index (χ1n) is 12.0. The molecule has 0 aromatic heterocycles. The number of alkyl halides is 3. The van der Waals surface area contributed by atoms with Crippen molar-refractivity contribution in [1.29, 1.82) is 0 Å². The molecule has 4 fully saturated rings. The summed E-state index contributed by atoms with van der Waals surface area (Å²) in [5, 5.41) is 11.4. The van der Waals surface area contributed by atoms with Crippen LogP contribution in [0.25, 0.3) is 0 Å². The van der Waals surface area contributed by atoms with Crippen molar-refractivity contribution in [3.8, 4) is 0 Å². The van der Waals surface area contributed by atoms with Crippen LogP contribution in [0.3, 0.4) is 0 Å². The number of nitrogens with two attached hydrogens (primary N) is 1. The molecule has 0 heterocycles. The highest BCUT2D eigenvalue weighted by atomic mass is 19.4. The first-order valence-corrected chi connectivity index (χ1v) is 12.0. The topological polar surface area (TPSA) is 46.2 Å². The number of fused-ring (bicyclic) bond motifs is 5. The normalized spacial score (nSPS) is 51.1. The Bertz CT molecular complexity index is 609. The van der Waals surface area contributed by atoms with Gasteiger partial charge in [-0.3, -0.25) is 0 Å². The van der Waals surface area contributed by atoms with E-state index in [2.05, 4.69) is 13.8 Å². The Morgan fingerprint density at radius 3 is 2.45 bits per heavy atom. The van der Waals surface area contributed by atoms with Gasteiger partial charge in [0.1, 0.15) is 0 Å². The molecule has 5 heteroatoms. The molecule has 2 nitrogen and oxygen atoms in total. The van der Waals surface area contributed by atoms with Crippen LogP contribution in [-0.2, 0) is 0 Å². The van der Waals surface area contributed by atoms with Crippen molar-refractivity contribution in [2.45, 2.75) is 103 Å². The molecule has 29 heavy (non-hydrogen) atoms. The zero-order valence-electron chi connectivity index (χ0n) is 18.3. The van der Waals surface area contributed by atoms with Crippen molar-refractivity contribution in [2.24, 2.45) is 52.1 Å². The summed E-state index contributed by atoms with van der Waals surface area (Å²) in [5.41, 5.74) is 6.34. The highest BCUT2D eigenvalue weighted by molar-refractivity contribution is 5.12. The van der Waals surface area contributed by atoms with Gasteiger partial charge in [0.15, 0.2) is 0 Å². The summed E-state index contributed by atoms with van der Waals surface area (Å²) in [6.07, 6.45) is 3.74. The Labute approximate surface area is 174 Å². The van der Waals surface area contributed by atoms with Gasteiger partial charge in [-0.2, -0.15) is 13.2 Å². The molecule has 4 unspecified atom stereocenters. The highest BCUT2D eigenvalue weighted by Gasteiger charge is 2.63. The second-order valence-electron chi connectivity index (χ2n) is 11.6. The van der Waals surface area contributed by atoms with Gasteiger partial charge in [0, 0.05) is 12.5 Å². The molecule has 4 rings (SSSR count). The minimum atomic E-state index is -4.09. The average molecular weight is 416 g/mol. The zero-order chi connectivity index (χ0) is 21.2. The van der Waals surface area contributed by atoms with Gasteiger partial charge in [-0.1, -0.05) is 20.8 Å². The third-order valence-corrected chi connectivity index (χ3v) is 10.5. The Kier molecular flexibility index (Phi) is 5.59. The molecule has 168 valence electrons. The molecule has 0 spiro atoms. The predicted molar refractivity (Wildman–Crippen MR) is 109 cm³/mol. The molecule has 4 saturated carbocycles. The van der Waals surface area contributed by atoms with Crippen molar-refractivity contribution in [3.63, 3.8) is 0 Å². The molecule has 3 N–H and O–H groups in total. The Hall–Kier alpha value is -0.290. The van der Waals surface area contributed by atoms with E-state index in [0.717, 1.165) is 32.1 Å². The molecule has 0 amide bonds. The van der Waals surface area contributed by atoms with Crippen molar-refractivity contribution >= 4 is 0 Å². The third-order valence-electron chi connectivity index (χ3n) is 10.5. The number of aliphatic hydroxyl groups excluding tert-OH is 1. The number of aliphatic hydroxyl groups is 1. The van der Waals surface area contributed by atoms with Gasteiger partial charge in [0.2, 0.25) is 0 Å². The number of rotatable bonds is 3. The molecular formula is C24H40F3NO. The van der Waals surface area contributed by atoms with Crippen LogP contribution in [-0.4, -0.2) is 23.4 Å². The van der Waals surface area contributed by atoms with Gasteiger partial charge in [0.25, 0.3) is 0 Å². The molecule has 0 radical (unpaired) electrons. The maximum Gasteiger partial charge on any atom is 0.389 e. The largest absolute Gasteiger partial charge is 0.393 e. The molecule has 0 aromatic carbocycles. The molecule has 0 saturated heterocycles. The van der Waals surface area contributed by atoms with Crippen LogP contribution in [0.1, 0.15) is 85.0 Å². The lowest BCUT2D eigenvalue weighted by Gasteiger charge is -2.62. The molecule has 4 aliphatic carbocycles. The lowest BCUT2D eigenvalue weighted by atomic mass is 9.43. The van der Waals surface area contributed by atoms with E-state index < -0.39 is 12.6 Å². The van der Waals surface area contributed by atoms with Gasteiger partial charge in [0.05, 0.1) is 6.10 Å². The van der Waals surface area contributed by atoms with Crippen LogP contribution in [0.4, 0.5) is 13.2 Å². The van der Waals surface area contributed by atoms with E-state index in [-0.39, 0.29) is 35.2 Å². The quantitative estimate of drug-likeness (QED) is 0.601. The fourth-order valence-corrected chi connectivity index (χ4v) is 8.81. The van der Waals surface area contributed by atoms with Crippen molar-refractivity contribution in [1.82, 2.24) is 0 Å².